The number of benzene rings is 4. The molecule has 80 heavy (non-hydrogen) atoms. The maximum absolute atomic E-state index is 13.2. The molecule has 6 rings (SSSR count). The molecule has 0 spiro atoms. The van der Waals surface area contributed by atoms with Crippen LogP contribution >= 0.6 is 22.7 Å². The Balaban J connectivity index is 1.36. The van der Waals surface area contributed by atoms with E-state index in [1.54, 1.807) is 59.1 Å². The Morgan fingerprint density at radius 2 is 0.762 bits per heavy atom. The van der Waals surface area contributed by atoms with E-state index in [1.807, 2.05) is 86.7 Å². The molecule has 422 valence electrons. The quantitative estimate of drug-likeness (QED) is 0.0162. The fourth-order valence-corrected chi connectivity index (χ4v) is 9.89. The number of carbonyl (C=O) groups is 8. The average molecular weight is 1140 g/mol. The molecule has 0 N–H and O–H groups in total. The highest BCUT2D eigenvalue weighted by molar-refractivity contribution is 7.19. The summed E-state index contributed by atoms with van der Waals surface area (Å²) in [5.74, 6) is -6.00. The van der Waals surface area contributed by atoms with E-state index in [0.29, 0.717) is 24.2 Å². The summed E-state index contributed by atoms with van der Waals surface area (Å²) in [5, 5.41) is 1.93. The monoisotopic (exact) mass is 1140 g/mol. The van der Waals surface area contributed by atoms with Crippen LogP contribution in [0.3, 0.4) is 0 Å². The molecule has 0 saturated carbocycles. The Kier molecular flexibility index (Phi) is 22.9. The highest BCUT2D eigenvalue weighted by Crippen LogP contribution is 2.34. The summed E-state index contributed by atoms with van der Waals surface area (Å²) in [7, 11) is 0. The smallest absolute Gasteiger partial charge is 0.328 e. The fourth-order valence-electron chi connectivity index (χ4n) is 7.64. The average Bonchev–Trinajstić information content (AvgIpc) is 3.98. The molecule has 2 aromatic heterocycles. The summed E-state index contributed by atoms with van der Waals surface area (Å²) >= 11 is 3.21. The number of esters is 8. The van der Waals surface area contributed by atoms with Gasteiger partial charge < -0.3 is 57.2 Å². The van der Waals surface area contributed by atoms with E-state index in [0.717, 1.165) is 58.1 Å². The van der Waals surface area contributed by atoms with Crippen molar-refractivity contribution >= 4 is 127 Å². The third-order valence-corrected chi connectivity index (χ3v) is 13.5. The predicted octanol–water partition coefficient (Wildman–Crippen LogP) is 6.40. The number of ether oxygens (including phenoxy) is 10. The van der Waals surface area contributed by atoms with Gasteiger partial charge in [0.2, 0.25) is 38.2 Å². The van der Waals surface area contributed by atoms with Crippen LogP contribution in [0.15, 0.2) is 84.9 Å². The number of hydrogen-bond donors (Lipinski definition) is 0. The van der Waals surface area contributed by atoms with Crippen molar-refractivity contribution in [2.45, 2.75) is 54.6 Å². The molecular formula is C56H60N4O18S2+2. The van der Waals surface area contributed by atoms with Gasteiger partial charge in [0.15, 0.2) is 0 Å². The van der Waals surface area contributed by atoms with Crippen LogP contribution in [0.1, 0.15) is 62.7 Å². The van der Waals surface area contributed by atoms with Crippen LogP contribution < -0.4 is 28.4 Å². The topological polar surface area (TPSA) is 243 Å². The molecule has 22 nitrogen and oxygen atoms in total. The molecular weight excluding hydrogens is 1080 g/mol. The summed E-state index contributed by atoms with van der Waals surface area (Å²) in [6.45, 7) is 4.63. The van der Waals surface area contributed by atoms with Crippen molar-refractivity contribution in [3.8, 4) is 11.5 Å². The summed E-state index contributed by atoms with van der Waals surface area (Å²) < 4.78 is 59.1. The van der Waals surface area contributed by atoms with E-state index in [9.17, 15) is 38.4 Å². The van der Waals surface area contributed by atoms with Crippen LogP contribution in [0.4, 0.5) is 11.4 Å². The number of aromatic nitrogens is 2. The van der Waals surface area contributed by atoms with Crippen LogP contribution in [0.5, 0.6) is 11.5 Å². The van der Waals surface area contributed by atoms with E-state index >= 15 is 0 Å². The third-order valence-electron chi connectivity index (χ3n) is 11.2. The normalized spacial score (nSPS) is 11.0. The lowest BCUT2D eigenvalue weighted by molar-refractivity contribution is -0.665. The Hall–Kier alpha value is -8.90. The molecule has 0 aliphatic carbocycles. The van der Waals surface area contributed by atoms with Gasteiger partial charge in [-0.25, -0.2) is 0 Å². The molecule has 2 heterocycles. The highest BCUT2D eigenvalue weighted by Gasteiger charge is 2.25. The molecule has 0 amide bonds. The van der Waals surface area contributed by atoms with Gasteiger partial charge in [0, 0.05) is 52.0 Å². The number of nitrogens with zero attached hydrogens (tertiary/aromatic N) is 4. The minimum Gasteiger partial charge on any atom is -0.488 e. The van der Waals surface area contributed by atoms with Crippen molar-refractivity contribution in [2.75, 3.05) is 76.4 Å². The van der Waals surface area contributed by atoms with Gasteiger partial charge in [0.25, 0.3) is 10.0 Å². The van der Waals surface area contributed by atoms with Crippen molar-refractivity contribution in [3.63, 3.8) is 0 Å². The van der Waals surface area contributed by atoms with Gasteiger partial charge in [-0.15, -0.1) is 0 Å². The lowest BCUT2D eigenvalue weighted by Gasteiger charge is -2.26. The first-order valence-corrected chi connectivity index (χ1v) is 26.5. The number of thiazole rings is 2. The number of hydrogen-bond acceptors (Lipinski definition) is 22. The first-order chi connectivity index (χ1) is 38.5. The highest BCUT2D eigenvalue weighted by atomic mass is 32.1. The van der Waals surface area contributed by atoms with E-state index in [1.165, 1.54) is 9.80 Å². The van der Waals surface area contributed by atoms with Crippen molar-refractivity contribution in [3.05, 3.63) is 106 Å². The Morgan fingerprint density at radius 3 is 1.07 bits per heavy atom. The van der Waals surface area contributed by atoms with E-state index < -0.39 is 101 Å². The van der Waals surface area contributed by atoms with Gasteiger partial charge in [-0.05, 0) is 73.5 Å². The van der Waals surface area contributed by atoms with Gasteiger partial charge in [0.05, 0.1) is 11.4 Å². The van der Waals surface area contributed by atoms with Gasteiger partial charge >= 0.3 is 47.8 Å². The van der Waals surface area contributed by atoms with Crippen molar-refractivity contribution in [1.29, 1.82) is 0 Å². The first kappa shape index (κ1) is 60.3. The van der Waals surface area contributed by atoms with Gasteiger partial charge in [0.1, 0.15) is 73.4 Å². The summed E-state index contributed by atoms with van der Waals surface area (Å²) in [4.78, 5) is 101. The molecule has 0 aliphatic rings. The number of fused-ring (bicyclic) bond motifs is 2. The molecule has 0 bridgehead atoms. The molecule has 4 aromatic carbocycles. The van der Waals surface area contributed by atoms with Gasteiger partial charge in [-0.1, -0.05) is 59.1 Å². The second-order valence-electron chi connectivity index (χ2n) is 16.9. The van der Waals surface area contributed by atoms with E-state index in [4.69, 9.17) is 47.4 Å². The van der Waals surface area contributed by atoms with Crippen LogP contribution in [0, 0.1) is 0 Å². The number of para-hydroxylation sites is 2. The second-order valence-corrected chi connectivity index (χ2v) is 19.0. The van der Waals surface area contributed by atoms with E-state index in [2.05, 4.69) is 9.13 Å². The largest absolute Gasteiger partial charge is 0.488 e. The van der Waals surface area contributed by atoms with Crippen molar-refractivity contribution < 1.29 is 94.9 Å². The van der Waals surface area contributed by atoms with Gasteiger partial charge in [-0.2, -0.15) is 9.13 Å². The van der Waals surface area contributed by atoms with Gasteiger partial charge in [-0.3, -0.25) is 38.4 Å². The second kappa shape index (κ2) is 30.3. The van der Waals surface area contributed by atoms with Crippen LogP contribution in [-0.2, 0) is 89.3 Å². The minimum atomic E-state index is -0.889. The number of carbonyl (C=O) groups excluding carboxylic acids is 8. The fraction of sp³-hybridized carbons (Fsp3) is 0.321. The third kappa shape index (κ3) is 18.4. The minimum absolute atomic E-state index is 0.160. The number of rotatable bonds is 29. The van der Waals surface area contributed by atoms with Crippen LogP contribution in [0.25, 0.3) is 44.7 Å². The molecule has 0 saturated heterocycles. The SMILES string of the molecule is CC[n+]1c(/C=C/c2ccc(N(CC(=O)OCOC(C)=O)CC(=O)OCOC(C)=O)c(OCCOc3cc(/C=C/c4sc5ccccc5[n+]4CC)ccc3N(CC(=O)OCOC(C)=O)CC(=O)OCOC(C)=O)c2)sc2ccccc21. The maximum Gasteiger partial charge on any atom is 0.328 e. The lowest BCUT2D eigenvalue weighted by Crippen LogP contribution is -2.37. The lowest BCUT2D eigenvalue weighted by atomic mass is 10.1. The van der Waals surface area contributed by atoms with Crippen molar-refractivity contribution in [2.24, 2.45) is 0 Å². The summed E-state index contributed by atoms with van der Waals surface area (Å²) in [6, 6.07) is 26.2. The number of anilines is 2. The predicted molar refractivity (Wildman–Crippen MR) is 292 cm³/mol. The van der Waals surface area contributed by atoms with Crippen LogP contribution in [-0.4, -0.2) is 114 Å². The first-order valence-electron chi connectivity index (χ1n) is 24.9. The summed E-state index contributed by atoms with van der Waals surface area (Å²) in [6.07, 6.45) is 7.68. The Morgan fingerprint density at radius 1 is 0.438 bits per heavy atom. The zero-order valence-corrected chi connectivity index (χ0v) is 46.5. The molecule has 0 atom stereocenters. The molecule has 24 heteroatoms. The van der Waals surface area contributed by atoms with Crippen LogP contribution in [0.2, 0.25) is 0 Å². The molecule has 0 unspecified atom stereocenters. The molecule has 6 aromatic rings. The zero-order valence-electron chi connectivity index (χ0n) is 44.8. The standard InChI is InChI=1S/C56H60N4O18S2/c1-7-59-45-13-9-11-15-49(45)79-51(59)23-19-41-17-21-43(57(29-53(65)75-33-71-37(3)61)30-54(66)76-34-72-38(4)62)47(27-41)69-25-26-70-48-28-42(20-24-52-60(8-2)46-14-10-12-16-50(46)80-52)18-22-44(48)58(31-55(67)77-35-73-39(5)63)32-56(68)78-36-74-40(6)64/h9-24,27-28H,7-8,25-26,29-36H2,1-6H3/q+2. The zero-order chi connectivity index (χ0) is 57.6. The van der Waals surface area contributed by atoms with Crippen molar-refractivity contribution in [1.82, 2.24) is 0 Å². The Labute approximate surface area is 468 Å². The van der Waals surface area contributed by atoms with E-state index in [-0.39, 0.29) is 36.1 Å². The number of aryl methyl sites for hydroxylation is 2. The Bertz CT molecular complexity index is 2980. The molecule has 0 aliphatic heterocycles. The maximum atomic E-state index is 13.2. The molecule has 0 radical (unpaired) electrons. The molecule has 0 fully saturated rings. The summed E-state index contributed by atoms with van der Waals surface area (Å²) in [5.41, 5.74) is 3.88.